The minimum atomic E-state index is -3.53. The average Bonchev–Trinajstić information content (AvgIpc) is 3.05. The zero-order valence-electron chi connectivity index (χ0n) is 17.4. The summed E-state index contributed by atoms with van der Waals surface area (Å²) >= 11 is 0. The molecule has 3 aromatic rings. The Morgan fingerprint density at radius 3 is 2.27 bits per heavy atom. The van der Waals surface area contributed by atoms with Gasteiger partial charge in [-0.25, -0.2) is 22.5 Å². The Bertz CT molecular complexity index is 1220. The number of hydrogen-bond donors (Lipinski definition) is 0. The molecule has 2 aromatic carbocycles. The lowest BCUT2D eigenvalue weighted by atomic mass is 9.97. The standard InChI is InChI=1S/C22H26N4O3S/c1-16-9-10-20(15-17(16)2)30(28,29)25-13-11-18(12-14-25)21-23-24(3)22(27)26(21)19-7-5-4-6-8-19/h4-10,15,18H,11-14H2,1-3H3. The van der Waals surface area contributed by atoms with Crippen LogP contribution < -0.4 is 5.69 Å². The fourth-order valence-corrected chi connectivity index (χ4v) is 5.50. The Balaban J connectivity index is 1.58. The molecule has 8 heteroatoms. The summed E-state index contributed by atoms with van der Waals surface area (Å²) in [5.41, 5.74) is 2.62. The molecule has 0 N–H and O–H groups in total. The fourth-order valence-electron chi connectivity index (χ4n) is 3.95. The molecule has 2 heterocycles. The molecule has 0 saturated carbocycles. The summed E-state index contributed by atoms with van der Waals surface area (Å²) in [5, 5.41) is 4.48. The van der Waals surface area contributed by atoms with Gasteiger partial charge in [0.1, 0.15) is 5.82 Å². The van der Waals surface area contributed by atoms with Gasteiger partial charge in [0.15, 0.2) is 0 Å². The Hall–Kier alpha value is -2.71. The van der Waals surface area contributed by atoms with Crippen LogP contribution >= 0.6 is 0 Å². The average molecular weight is 427 g/mol. The van der Waals surface area contributed by atoms with Gasteiger partial charge >= 0.3 is 5.69 Å². The van der Waals surface area contributed by atoms with Crippen molar-refractivity contribution < 1.29 is 8.42 Å². The van der Waals surface area contributed by atoms with Crippen molar-refractivity contribution in [2.45, 2.75) is 37.5 Å². The molecule has 0 atom stereocenters. The van der Waals surface area contributed by atoms with Crippen LogP contribution in [0.2, 0.25) is 0 Å². The summed E-state index contributed by atoms with van der Waals surface area (Å²) < 4.78 is 30.7. The molecule has 0 radical (unpaired) electrons. The van der Waals surface area contributed by atoms with Crippen molar-refractivity contribution >= 4 is 10.0 Å². The van der Waals surface area contributed by atoms with E-state index in [1.165, 1.54) is 4.68 Å². The first-order valence-electron chi connectivity index (χ1n) is 10.1. The van der Waals surface area contributed by atoms with Gasteiger partial charge in [-0.2, -0.15) is 9.40 Å². The maximum atomic E-state index is 13.1. The minimum absolute atomic E-state index is 0.0188. The van der Waals surface area contributed by atoms with E-state index < -0.39 is 10.0 Å². The van der Waals surface area contributed by atoms with E-state index in [-0.39, 0.29) is 11.6 Å². The zero-order valence-corrected chi connectivity index (χ0v) is 18.3. The third-order valence-electron chi connectivity index (χ3n) is 5.90. The van der Waals surface area contributed by atoms with Crippen molar-refractivity contribution in [3.63, 3.8) is 0 Å². The normalized spacial score (nSPS) is 16.1. The van der Waals surface area contributed by atoms with Crippen LogP contribution in [0.15, 0.2) is 58.2 Å². The Morgan fingerprint density at radius 1 is 0.967 bits per heavy atom. The highest BCUT2D eigenvalue weighted by Crippen LogP contribution is 2.30. The number of sulfonamides is 1. The molecule has 1 aliphatic heterocycles. The third kappa shape index (κ3) is 3.61. The van der Waals surface area contributed by atoms with E-state index in [1.54, 1.807) is 28.1 Å². The van der Waals surface area contributed by atoms with Crippen LogP contribution in [0.5, 0.6) is 0 Å². The van der Waals surface area contributed by atoms with Crippen molar-refractivity contribution in [3.05, 3.63) is 76.0 Å². The SMILES string of the molecule is Cc1ccc(S(=O)(=O)N2CCC(c3nn(C)c(=O)n3-c3ccccc3)CC2)cc1C. The van der Waals surface area contributed by atoms with E-state index in [4.69, 9.17) is 0 Å². The van der Waals surface area contributed by atoms with Crippen molar-refractivity contribution in [1.29, 1.82) is 0 Å². The molecule has 1 aromatic heterocycles. The number of nitrogens with zero attached hydrogens (tertiary/aromatic N) is 4. The van der Waals surface area contributed by atoms with Crippen molar-refractivity contribution in [2.24, 2.45) is 7.05 Å². The second-order valence-corrected chi connectivity index (χ2v) is 9.80. The van der Waals surface area contributed by atoms with Crippen molar-refractivity contribution in [2.75, 3.05) is 13.1 Å². The molecule has 0 amide bonds. The first-order valence-corrected chi connectivity index (χ1v) is 11.5. The second kappa shape index (κ2) is 7.85. The number of aryl methyl sites for hydroxylation is 3. The molecule has 0 unspecified atom stereocenters. The van der Waals surface area contributed by atoms with E-state index in [0.717, 1.165) is 16.8 Å². The van der Waals surface area contributed by atoms with Crippen molar-refractivity contribution in [1.82, 2.24) is 18.7 Å². The maximum absolute atomic E-state index is 13.1. The van der Waals surface area contributed by atoms with E-state index in [0.29, 0.717) is 36.7 Å². The third-order valence-corrected chi connectivity index (χ3v) is 7.79. The van der Waals surface area contributed by atoms with Gasteiger partial charge in [0.25, 0.3) is 0 Å². The van der Waals surface area contributed by atoms with Crippen LogP contribution in [0.3, 0.4) is 0 Å². The minimum Gasteiger partial charge on any atom is -0.247 e. The van der Waals surface area contributed by atoms with Crippen LogP contribution in [0.25, 0.3) is 5.69 Å². The highest BCUT2D eigenvalue weighted by atomic mass is 32.2. The van der Waals surface area contributed by atoms with E-state index in [9.17, 15) is 13.2 Å². The van der Waals surface area contributed by atoms with Gasteiger partial charge in [-0.15, -0.1) is 0 Å². The number of hydrogen-bond acceptors (Lipinski definition) is 4. The Labute approximate surface area is 176 Å². The number of para-hydroxylation sites is 1. The van der Waals surface area contributed by atoms with Gasteiger partial charge in [0, 0.05) is 26.1 Å². The summed E-state index contributed by atoms with van der Waals surface area (Å²) in [6, 6.07) is 14.7. The molecule has 7 nitrogen and oxygen atoms in total. The lowest BCUT2D eigenvalue weighted by Gasteiger charge is -2.31. The summed E-state index contributed by atoms with van der Waals surface area (Å²) in [7, 11) is -1.89. The summed E-state index contributed by atoms with van der Waals surface area (Å²) in [6.07, 6.45) is 1.24. The molecule has 1 aliphatic rings. The van der Waals surface area contributed by atoms with Gasteiger partial charge in [-0.1, -0.05) is 24.3 Å². The van der Waals surface area contributed by atoms with Gasteiger partial charge < -0.3 is 0 Å². The molecule has 0 bridgehead atoms. The highest BCUT2D eigenvalue weighted by Gasteiger charge is 2.32. The van der Waals surface area contributed by atoms with Crippen LogP contribution in [0.4, 0.5) is 0 Å². The Kier molecular flexibility index (Phi) is 5.38. The molecular formula is C22H26N4O3S. The quantitative estimate of drug-likeness (QED) is 0.643. The van der Waals surface area contributed by atoms with Crippen LogP contribution in [0.1, 0.15) is 35.7 Å². The van der Waals surface area contributed by atoms with Crippen LogP contribution in [-0.4, -0.2) is 40.2 Å². The highest BCUT2D eigenvalue weighted by molar-refractivity contribution is 7.89. The van der Waals surface area contributed by atoms with Gasteiger partial charge in [0.05, 0.1) is 10.6 Å². The number of piperidine rings is 1. The first-order chi connectivity index (χ1) is 14.3. The summed E-state index contributed by atoms with van der Waals surface area (Å²) in [6.45, 7) is 4.69. The summed E-state index contributed by atoms with van der Waals surface area (Å²) in [4.78, 5) is 13.0. The topological polar surface area (TPSA) is 77.2 Å². The predicted octanol–water partition coefficient (Wildman–Crippen LogP) is 2.76. The molecule has 158 valence electrons. The second-order valence-electron chi connectivity index (χ2n) is 7.86. The fraction of sp³-hybridized carbons (Fsp3) is 0.364. The summed E-state index contributed by atoms with van der Waals surface area (Å²) in [5.74, 6) is 0.710. The number of benzene rings is 2. The molecular weight excluding hydrogens is 400 g/mol. The lowest BCUT2D eigenvalue weighted by Crippen LogP contribution is -2.38. The monoisotopic (exact) mass is 426 g/mol. The molecule has 1 fully saturated rings. The zero-order chi connectivity index (χ0) is 21.5. The van der Waals surface area contributed by atoms with Gasteiger partial charge in [0.2, 0.25) is 10.0 Å². The van der Waals surface area contributed by atoms with Crippen LogP contribution in [0, 0.1) is 13.8 Å². The van der Waals surface area contributed by atoms with Crippen molar-refractivity contribution in [3.8, 4) is 5.69 Å². The largest absolute Gasteiger partial charge is 0.350 e. The molecule has 0 spiro atoms. The van der Waals surface area contributed by atoms with Crippen LogP contribution in [-0.2, 0) is 17.1 Å². The van der Waals surface area contributed by atoms with E-state index >= 15 is 0 Å². The number of aromatic nitrogens is 3. The predicted molar refractivity (Wildman–Crippen MR) is 115 cm³/mol. The molecule has 1 saturated heterocycles. The first kappa shape index (κ1) is 20.6. The van der Waals surface area contributed by atoms with E-state index in [1.807, 2.05) is 50.2 Å². The lowest BCUT2D eigenvalue weighted by molar-refractivity contribution is 0.311. The smallest absolute Gasteiger partial charge is 0.247 e. The molecule has 30 heavy (non-hydrogen) atoms. The maximum Gasteiger partial charge on any atom is 0.350 e. The molecule has 4 rings (SSSR count). The van der Waals surface area contributed by atoms with Gasteiger partial charge in [-0.05, 0) is 62.1 Å². The van der Waals surface area contributed by atoms with E-state index in [2.05, 4.69) is 5.10 Å². The number of rotatable bonds is 4. The Morgan fingerprint density at radius 2 is 1.63 bits per heavy atom. The molecule has 0 aliphatic carbocycles. The van der Waals surface area contributed by atoms with Gasteiger partial charge in [-0.3, -0.25) is 0 Å².